The van der Waals surface area contributed by atoms with E-state index in [-0.39, 0.29) is 5.91 Å². The number of nitrogens with zero attached hydrogens (tertiary/aromatic N) is 1. The summed E-state index contributed by atoms with van der Waals surface area (Å²) in [5.41, 5.74) is 1.19. The summed E-state index contributed by atoms with van der Waals surface area (Å²) in [6, 6.07) is 4.03. The molecule has 1 saturated heterocycles. The molecule has 0 aromatic carbocycles. The van der Waals surface area contributed by atoms with Crippen molar-refractivity contribution in [2.24, 2.45) is 0 Å². The predicted octanol–water partition coefficient (Wildman–Crippen LogP) is 1.55. The topological polar surface area (TPSA) is 36.1 Å². The van der Waals surface area contributed by atoms with Crippen LogP contribution in [0.25, 0.3) is 0 Å². The SMILES string of the molecule is O=C1CC(Br)CN1CCc1ccc[nH]1. The van der Waals surface area contributed by atoms with Crippen molar-refractivity contribution in [2.45, 2.75) is 17.7 Å². The van der Waals surface area contributed by atoms with E-state index in [1.165, 1.54) is 5.69 Å². The minimum Gasteiger partial charge on any atom is -0.365 e. The summed E-state index contributed by atoms with van der Waals surface area (Å²) >= 11 is 3.47. The van der Waals surface area contributed by atoms with Crippen molar-refractivity contribution in [1.29, 1.82) is 0 Å². The number of halogens is 1. The zero-order chi connectivity index (χ0) is 9.97. The first kappa shape index (κ1) is 9.77. The number of aromatic nitrogens is 1. The van der Waals surface area contributed by atoms with E-state index in [0.717, 1.165) is 19.5 Å². The fourth-order valence-corrected chi connectivity index (χ4v) is 2.34. The Morgan fingerprint density at radius 2 is 2.50 bits per heavy atom. The smallest absolute Gasteiger partial charge is 0.223 e. The quantitative estimate of drug-likeness (QED) is 0.819. The molecular weight excluding hydrogens is 244 g/mol. The van der Waals surface area contributed by atoms with E-state index < -0.39 is 0 Å². The van der Waals surface area contributed by atoms with Gasteiger partial charge in [0.15, 0.2) is 0 Å². The first-order chi connectivity index (χ1) is 6.75. The highest BCUT2D eigenvalue weighted by Crippen LogP contribution is 2.17. The first-order valence-electron chi connectivity index (χ1n) is 4.80. The van der Waals surface area contributed by atoms with E-state index in [0.29, 0.717) is 11.2 Å². The molecular formula is C10H13BrN2O. The number of hydrogen-bond acceptors (Lipinski definition) is 1. The third kappa shape index (κ3) is 2.18. The molecule has 0 bridgehead atoms. The second kappa shape index (κ2) is 4.17. The molecule has 76 valence electrons. The molecule has 3 nitrogen and oxygen atoms in total. The monoisotopic (exact) mass is 256 g/mol. The lowest BCUT2D eigenvalue weighted by atomic mass is 10.3. The van der Waals surface area contributed by atoms with Crippen LogP contribution in [0.3, 0.4) is 0 Å². The highest BCUT2D eigenvalue weighted by Gasteiger charge is 2.26. The average Bonchev–Trinajstić information content (AvgIpc) is 2.72. The van der Waals surface area contributed by atoms with Crippen LogP contribution in [0.1, 0.15) is 12.1 Å². The van der Waals surface area contributed by atoms with Gasteiger partial charge in [-0.3, -0.25) is 4.79 Å². The number of likely N-dealkylation sites (tertiary alicyclic amines) is 1. The van der Waals surface area contributed by atoms with Crippen molar-refractivity contribution >= 4 is 21.8 Å². The summed E-state index contributed by atoms with van der Waals surface area (Å²) in [6.45, 7) is 1.67. The molecule has 0 aliphatic carbocycles. The Morgan fingerprint density at radius 1 is 1.64 bits per heavy atom. The van der Waals surface area contributed by atoms with Crippen molar-refractivity contribution in [3.63, 3.8) is 0 Å². The van der Waals surface area contributed by atoms with Crippen LogP contribution >= 0.6 is 15.9 Å². The number of carbonyl (C=O) groups is 1. The van der Waals surface area contributed by atoms with Crippen molar-refractivity contribution in [3.8, 4) is 0 Å². The van der Waals surface area contributed by atoms with E-state index in [1.54, 1.807) is 0 Å². The molecule has 0 spiro atoms. The number of hydrogen-bond donors (Lipinski definition) is 1. The number of aromatic amines is 1. The van der Waals surface area contributed by atoms with Crippen LogP contribution in [0.5, 0.6) is 0 Å². The maximum absolute atomic E-state index is 11.4. The summed E-state index contributed by atoms with van der Waals surface area (Å²) in [6.07, 6.45) is 3.47. The zero-order valence-electron chi connectivity index (χ0n) is 7.87. The zero-order valence-corrected chi connectivity index (χ0v) is 9.46. The van der Waals surface area contributed by atoms with Gasteiger partial charge >= 0.3 is 0 Å². The van der Waals surface area contributed by atoms with Crippen LogP contribution in [0.2, 0.25) is 0 Å². The maximum Gasteiger partial charge on any atom is 0.223 e. The number of alkyl halides is 1. The van der Waals surface area contributed by atoms with E-state index in [1.807, 2.05) is 23.2 Å². The predicted molar refractivity (Wildman–Crippen MR) is 58.4 cm³/mol. The number of amides is 1. The summed E-state index contributed by atoms with van der Waals surface area (Å²) < 4.78 is 0. The molecule has 1 aliphatic heterocycles. The molecule has 1 N–H and O–H groups in total. The fourth-order valence-electron chi connectivity index (χ4n) is 1.72. The number of H-pyrrole nitrogens is 1. The molecule has 1 unspecified atom stereocenters. The van der Waals surface area contributed by atoms with Gasteiger partial charge in [-0.2, -0.15) is 0 Å². The molecule has 1 aliphatic rings. The van der Waals surface area contributed by atoms with Gasteiger partial charge in [-0.25, -0.2) is 0 Å². The van der Waals surface area contributed by atoms with Crippen LogP contribution in [-0.4, -0.2) is 33.7 Å². The maximum atomic E-state index is 11.4. The molecule has 4 heteroatoms. The van der Waals surface area contributed by atoms with Crippen LogP contribution in [0.4, 0.5) is 0 Å². The van der Waals surface area contributed by atoms with Gasteiger partial charge in [-0.15, -0.1) is 0 Å². The standard InChI is InChI=1S/C10H13BrN2O/c11-8-6-10(14)13(7-8)5-3-9-2-1-4-12-9/h1-2,4,8,12H,3,5-7H2. The third-order valence-electron chi connectivity index (χ3n) is 2.48. The number of rotatable bonds is 3. The molecule has 0 saturated carbocycles. The Bertz CT molecular complexity index is 310. The highest BCUT2D eigenvalue weighted by molar-refractivity contribution is 9.09. The minimum absolute atomic E-state index is 0.262. The van der Waals surface area contributed by atoms with Crippen molar-refractivity contribution in [3.05, 3.63) is 24.0 Å². The van der Waals surface area contributed by atoms with Gasteiger partial charge < -0.3 is 9.88 Å². The molecule has 1 atom stereocenters. The Hall–Kier alpha value is -0.770. The average molecular weight is 257 g/mol. The van der Waals surface area contributed by atoms with Gasteiger partial charge in [0.1, 0.15) is 0 Å². The van der Waals surface area contributed by atoms with Crippen molar-refractivity contribution in [2.75, 3.05) is 13.1 Å². The lowest BCUT2D eigenvalue weighted by Crippen LogP contribution is -2.27. The normalized spacial score (nSPS) is 21.9. The molecule has 2 rings (SSSR count). The largest absolute Gasteiger partial charge is 0.365 e. The van der Waals surface area contributed by atoms with Gasteiger partial charge in [-0.05, 0) is 12.1 Å². The van der Waals surface area contributed by atoms with Crippen molar-refractivity contribution in [1.82, 2.24) is 9.88 Å². The van der Waals surface area contributed by atoms with Crippen LogP contribution < -0.4 is 0 Å². The molecule has 1 aromatic rings. The summed E-state index contributed by atoms with van der Waals surface area (Å²) in [7, 11) is 0. The molecule has 2 heterocycles. The van der Waals surface area contributed by atoms with Crippen molar-refractivity contribution < 1.29 is 4.79 Å². The van der Waals surface area contributed by atoms with E-state index in [2.05, 4.69) is 20.9 Å². The summed E-state index contributed by atoms with van der Waals surface area (Å²) in [5, 5.41) is 0. The Balaban J connectivity index is 1.84. The Kier molecular flexibility index (Phi) is 2.91. The first-order valence-corrected chi connectivity index (χ1v) is 5.71. The third-order valence-corrected chi connectivity index (χ3v) is 3.09. The lowest BCUT2D eigenvalue weighted by Gasteiger charge is -2.14. The van der Waals surface area contributed by atoms with Crippen LogP contribution in [0.15, 0.2) is 18.3 Å². The fraction of sp³-hybridized carbons (Fsp3) is 0.500. The Labute approximate surface area is 91.6 Å². The van der Waals surface area contributed by atoms with E-state index in [4.69, 9.17) is 0 Å². The van der Waals surface area contributed by atoms with Crippen LogP contribution in [0, 0.1) is 0 Å². The van der Waals surface area contributed by atoms with E-state index in [9.17, 15) is 4.79 Å². The summed E-state index contributed by atoms with van der Waals surface area (Å²) in [5.74, 6) is 0.262. The molecule has 14 heavy (non-hydrogen) atoms. The molecule has 0 radical (unpaired) electrons. The Morgan fingerprint density at radius 3 is 3.07 bits per heavy atom. The van der Waals surface area contributed by atoms with Crippen LogP contribution in [-0.2, 0) is 11.2 Å². The molecule has 1 amide bonds. The van der Waals surface area contributed by atoms with Gasteiger partial charge in [-0.1, -0.05) is 15.9 Å². The second-order valence-corrected chi connectivity index (χ2v) is 4.88. The van der Waals surface area contributed by atoms with Gasteiger partial charge in [0.25, 0.3) is 0 Å². The van der Waals surface area contributed by atoms with Gasteiger partial charge in [0, 0.05) is 42.6 Å². The molecule has 1 fully saturated rings. The van der Waals surface area contributed by atoms with Gasteiger partial charge in [0.05, 0.1) is 0 Å². The number of carbonyl (C=O) groups excluding carboxylic acids is 1. The highest BCUT2D eigenvalue weighted by atomic mass is 79.9. The second-order valence-electron chi connectivity index (χ2n) is 3.59. The van der Waals surface area contributed by atoms with Gasteiger partial charge in [0.2, 0.25) is 5.91 Å². The number of nitrogens with one attached hydrogen (secondary N) is 1. The van der Waals surface area contributed by atoms with E-state index >= 15 is 0 Å². The minimum atomic E-state index is 0.262. The lowest BCUT2D eigenvalue weighted by molar-refractivity contribution is -0.127. The molecule has 1 aromatic heterocycles. The summed E-state index contributed by atoms with van der Waals surface area (Å²) in [4.78, 5) is 16.8.